The standard InChI is InChI=1S/C22H27NO6/c1-6-14-8-10-15(11-9-14)29-18(7-2)21(24)23-17-13-20(27-4)19(26-3)12-16(17)22(25)28-5/h8-13,18H,6-7H2,1-5H3,(H,23,24)/t18-/m1/s1. The minimum absolute atomic E-state index is 0.153. The van der Waals surface area contributed by atoms with E-state index >= 15 is 0 Å². The summed E-state index contributed by atoms with van der Waals surface area (Å²) in [5.74, 6) is 0.337. The highest BCUT2D eigenvalue weighted by Gasteiger charge is 2.23. The highest BCUT2D eigenvalue weighted by atomic mass is 16.5. The van der Waals surface area contributed by atoms with Crippen LogP contribution in [-0.4, -0.2) is 39.3 Å². The molecule has 156 valence electrons. The number of carbonyl (C=O) groups excluding carboxylic acids is 2. The van der Waals surface area contributed by atoms with Crippen molar-refractivity contribution in [2.75, 3.05) is 26.6 Å². The van der Waals surface area contributed by atoms with E-state index < -0.39 is 12.1 Å². The maximum Gasteiger partial charge on any atom is 0.340 e. The van der Waals surface area contributed by atoms with Gasteiger partial charge in [-0.25, -0.2) is 4.79 Å². The van der Waals surface area contributed by atoms with E-state index in [1.54, 1.807) is 0 Å². The van der Waals surface area contributed by atoms with Gasteiger partial charge in [0.1, 0.15) is 5.75 Å². The van der Waals surface area contributed by atoms with Gasteiger partial charge in [0, 0.05) is 12.1 Å². The van der Waals surface area contributed by atoms with Crippen LogP contribution in [0.5, 0.6) is 17.2 Å². The predicted molar refractivity (Wildman–Crippen MR) is 110 cm³/mol. The zero-order valence-electron chi connectivity index (χ0n) is 17.4. The summed E-state index contributed by atoms with van der Waals surface area (Å²) in [5.41, 5.74) is 1.59. The highest BCUT2D eigenvalue weighted by Crippen LogP contribution is 2.34. The largest absolute Gasteiger partial charge is 0.493 e. The van der Waals surface area contributed by atoms with Crippen molar-refractivity contribution in [2.24, 2.45) is 0 Å². The van der Waals surface area contributed by atoms with E-state index in [4.69, 9.17) is 18.9 Å². The maximum atomic E-state index is 12.8. The molecule has 0 aliphatic rings. The Balaban J connectivity index is 2.27. The zero-order valence-corrected chi connectivity index (χ0v) is 17.4. The van der Waals surface area contributed by atoms with Gasteiger partial charge in [0.05, 0.1) is 32.6 Å². The number of esters is 1. The summed E-state index contributed by atoms with van der Waals surface area (Å²) < 4.78 is 21.2. The van der Waals surface area contributed by atoms with Gasteiger partial charge in [-0.05, 0) is 30.5 Å². The number of anilines is 1. The Morgan fingerprint density at radius 3 is 2.10 bits per heavy atom. The van der Waals surface area contributed by atoms with Crippen LogP contribution in [0.1, 0.15) is 36.2 Å². The molecule has 29 heavy (non-hydrogen) atoms. The molecule has 0 heterocycles. The number of hydrogen-bond donors (Lipinski definition) is 1. The van der Waals surface area contributed by atoms with Crippen molar-refractivity contribution in [3.63, 3.8) is 0 Å². The highest BCUT2D eigenvalue weighted by molar-refractivity contribution is 6.03. The van der Waals surface area contributed by atoms with Crippen molar-refractivity contribution in [3.8, 4) is 17.2 Å². The van der Waals surface area contributed by atoms with Crippen molar-refractivity contribution in [1.82, 2.24) is 0 Å². The summed E-state index contributed by atoms with van der Waals surface area (Å²) >= 11 is 0. The van der Waals surface area contributed by atoms with Gasteiger partial charge in [-0.2, -0.15) is 0 Å². The van der Waals surface area contributed by atoms with E-state index in [1.807, 2.05) is 31.2 Å². The molecular weight excluding hydrogens is 374 g/mol. The third kappa shape index (κ3) is 5.40. The molecule has 7 heteroatoms. The summed E-state index contributed by atoms with van der Waals surface area (Å²) in [6.45, 7) is 3.92. The third-order valence-electron chi connectivity index (χ3n) is 4.46. The Kier molecular flexibility index (Phi) is 7.88. The quantitative estimate of drug-likeness (QED) is 0.643. The first-order chi connectivity index (χ1) is 14.0. The lowest BCUT2D eigenvalue weighted by molar-refractivity contribution is -0.122. The van der Waals surface area contributed by atoms with E-state index in [0.29, 0.717) is 23.7 Å². The second kappa shape index (κ2) is 10.4. The molecule has 2 aromatic carbocycles. The van der Waals surface area contributed by atoms with Crippen LogP contribution in [-0.2, 0) is 16.0 Å². The molecule has 2 rings (SSSR count). The van der Waals surface area contributed by atoms with Gasteiger partial charge in [0.15, 0.2) is 17.6 Å². The second-order valence-electron chi connectivity index (χ2n) is 6.25. The lowest BCUT2D eigenvalue weighted by atomic mass is 10.1. The molecule has 0 unspecified atom stereocenters. The van der Waals surface area contributed by atoms with Gasteiger partial charge in [-0.15, -0.1) is 0 Å². The fraction of sp³-hybridized carbons (Fsp3) is 0.364. The van der Waals surface area contributed by atoms with Crippen molar-refractivity contribution in [3.05, 3.63) is 47.5 Å². The normalized spacial score (nSPS) is 11.3. The molecule has 1 N–H and O–H groups in total. The molecule has 0 bridgehead atoms. The molecule has 7 nitrogen and oxygen atoms in total. The van der Waals surface area contributed by atoms with E-state index in [1.165, 1.54) is 39.0 Å². The van der Waals surface area contributed by atoms with Gasteiger partial charge in [0.25, 0.3) is 5.91 Å². The monoisotopic (exact) mass is 401 g/mol. The molecule has 1 atom stereocenters. The molecule has 0 spiro atoms. The molecule has 0 aliphatic carbocycles. The fourth-order valence-corrected chi connectivity index (χ4v) is 2.76. The van der Waals surface area contributed by atoms with E-state index in [2.05, 4.69) is 12.2 Å². The Hall–Kier alpha value is -3.22. The van der Waals surface area contributed by atoms with Gasteiger partial charge in [-0.1, -0.05) is 26.0 Å². The van der Waals surface area contributed by atoms with Crippen LogP contribution >= 0.6 is 0 Å². The Morgan fingerprint density at radius 2 is 1.59 bits per heavy atom. The average Bonchev–Trinajstić information content (AvgIpc) is 2.76. The third-order valence-corrected chi connectivity index (χ3v) is 4.46. The van der Waals surface area contributed by atoms with Crippen LogP contribution in [0, 0.1) is 0 Å². The molecule has 2 aromatic rings. The van der Waals surface area contributed by atoms with E-state index in [9.17, 15) is 9.59 Å². The number of rotatable bonds is 9. The van der Waals surface area contributed by atoms with Gasteiger partial charge in [-0.3, -0.25) is 4.79 Å². The Bertz CT molecular complexity index is 847. The Labute approximate surface area is 170 Å². The van der Waals surface area contributed by atoms with E-state index in [-0.39, 0.29) is 17.2 Å². The number of ether oxygens (including phenoxy) is 4. The summed E-state index contributed by atoms with van der Waals surface area (Å²) in [5, 5.41) is 2.75. The number of aryl methyl sites for hydroxylation is 1. The minimum atomic E-state index is -0.735. The predicted octanol–water partition coefficient (Wildman–Crippen LogP) is 3.85. The number of nitrogens with one attached hydrogen (secondary N) is 1. The molecule has 0 saturated carbocycles. The molecule has 0 saturated heterocycles. The molecule has 1 amide bonds. The lowest BCUT2D eigenvalue weighted by Crippen LogP contribution is -2.33. The number of methoxy groups -OCH3 is 3. The number of amides is 1. The van der Waals surface area contributed by atoms with Crippen molar-refractivity contribution in [1.29, 1.82) is 0 Å². The minimum Gasteiger partial charge on any atom is -0.493 e. The smallest absolute Gasteiger partial charge is 0.340 e. The summed E-state index contributed by atoms with van der Waals surface area (Å²) in [6.07, 6.45) is 0.636. The zero-order chi connectivity index (χ0) is 21.4. The van der Waals surface area contributed by atoms with Crippen LogP contribution < -0.4 is 19.5 Å². The van der Waals surface area contributed by atoms with Crippen LogP contribution in [0.15, 0.2) is 36.4 Å². The van der Waals surface area contributed by atoms with Crippen molar-refractivity contribution >= 4 is 17.6 Å². The van der Waals surface area contributed by atoms with Gasteiger partial charge >= 0.3 is 5.97 Å². The maximum absolute atomic E-state index is 12.8. The van der Waals surface area contributed by atoms with Crippen LogP contribution in [0.2, 0.25) is 0 Å². The lowest BCUT2D eigenvalue weighted by Gasteiger charge is -2.19. The molecule has 0 radical (unpaired) electrons. The number of hydrogen-bond acceptors (Lipinski definition) is 6. The Morgan fingerprint density at radius 1 is 0.966 bits per heavy atom. The second-order valence-corrected chi connectivity index (χ2v) is 6.25. The van der Waals surface area contributed by atoms with Crippen LogP contribution in [0.4, 0.5) is 5.69 Å². The summed E-state index contributed by atoms with van der Waals surface area (Å²) in [4.78, 5) is 25.0. The average molecular weight is 401 g/mol. The van der Waals surface area contributed by atoms with E-state index in [0.717, 1.165) is 6.42 Å². The summed E-state index contributed by atoms with van der Waals surface area (Å²) in [6, 6.07) is 10.6. The first kappa shape index (κ1) is 22.1. The van der Waals surface area contributed by atoms with Gasteiger partial charge in [0.2, 0.25) is 0 Å². The number of carbonyl (C=O) groups is 2. The van der Waals surface area contributed by atoms with Crippen molar-refractivity contribution < 1.29 is 28.5 Å². The SMILES string of the molecule is CCc1ccc(O[C@H](CC)C(=O)Nc2cc(OC)c(OC)cc2C(=O)OC)cc1. The first-order valence-corrected chi connectivity index (χ1v) is 9.38. The van der Waals surface area contributed by atoms with Gasteiger partial charge < -0.3 is 24.3 Å². The number of benzene rings is 2. The summed E-state index contributed by atoms with van der Waals surface area (Å²) in [7, 11) is 4.20. The molecule has 0 fully saturated rings. The fourth-order valence-electron chi connectivity index (χ4n) is 2.76. The molecule has 0 aliphatic heterocycles. The van der Waals surface area contributed by atoms with Crippen molar-refractivity contribution in [2.45, 2.75) is 32.8 Å². The van der Waals surface area contributed by atoms with Crippen LogP contribution in [0.25, 0.3) is 0 Å². The topological polar surface area (TPSA) is 83.1 Å². The molecule has 0 aromatic heterocycles. The molecular formula is C22H27NO6. The van der Waals surface area contributed by atoms with Crippen LogP contribution in [0.3, 0.4) is 0 Å². The first-order valence-electron chi connectivity index (χ1n) is 9.38.